The van der Waals surface area contributed by atoms with Gasteiger partial charge in [-0.3, -0.25) is 4.79 Å². The Labute approximate surface area is 136 Å². The average molecular weight is 299 g/mol. The first-order valence-electron chi connectivity index (χ1n) is 7.51. The molecule has 0 unspecified atom stereocenters. The summed E-state index contributed by atoms with van der Waals surface area (Å²) >= 11 is 0. The summed E-state index contributed by atoms with van der Waals surface area (Å²) in [7, 11) is 0. The van der Waals surface area contributed by atoms with Gasteiger partial charge >= 0.3 is 0 Å². The molecule has 0 spiro atoms. The summed E-state index contributed by atoms with van der Waals surface area (Å²) in [4.78, 5) is 12.4. The van der Waals surface area contributed by atoms with Gasteiger partial charge in [-0.15, -0.1) is 0 Å². The number of benzene rings is 3. The van der Waals surface area contributed by atoms with E-state index in [4.69, 9.17) is 0 Å². The molecule has 0 aliphatic carbocycles. The van der Waals surface area contributed by atoms with Crippen molar-refractivity contribution in [2.24, 2.45) is 0 Å². The lowest BCUT2D eigenvalue weighted by Crippen LogP contribution is -2.09. The van der Waals surface area contributed by atoms with Gasteiger partial charge in [0, 0.05) is 11.8 Å². The fraction of sp³-hybridized carbons (Fsp3) is 0. The molecule has 3 aromatic carbocycles. The molecular formula is C21H17NO. The van der Waals surface area contributed by atoms with Crippen LogP contribution in [-0.4, -0.2) is 5.91 Å². The van der Waals surface area contributed by atoms with Crippen molar-refractivity contribution < 1.29 is 4.79 Å². The van der Waals surface area contributed by atoms with E-state index in [0.29, 0.717) is 0 Å². The van der Waals surface area contributed by atoms with Crippen LogP contribution in [0.25, 0.3) is 5.57 Å². The van der Waals surface area contributed by atoms with Crippen LogP contribution in [-0.2, 0) is 4.79 Å². The molecule has 0 saturated carbocycles. The molecule has 0 aliphatic rings. The summed E-state index contributed by atoms with van der Waals surface area (Å²) in [5.74, 6) is -0.140. The van der Waals surface area contributed by atoms with E-state index in [0.717, 1.165) is 22.4 Å². The second-order valence-corrected chi connectivity index (χ2v) is 5.15. The van der Waals surface area contributed by atoms with Crippen LogP contribution in [0.4, 0.5) is 5.69 Å². The van der Waals surface area contributed by atoms with Crippen LogP contribution >= 0.6 is 0 Å². The van der Waals surface area contributed by atoms with E-state index in [1.54, 1.807) is 6.08 Å². The lowest BCUT2D eigenvalue weighted by Gasteiger charge is -2.09. The van der Waals surface area contributed by atoms with Crippen molar-refractivity contribution in [1.82, 2.24) is 0 Å². The Kier molecular flexibility index (Phi) is 4.65. The lowest BCUT2D eigenvalue weighted by molar-refractivity contribution is -0.111. The Bertz CT molecular complexity index is 752. The fourth-order valence-corrected chi connectivity index (χ4v) is 2.40. The molecule has 0 aliphatic heterocycles. The molecule has 1 amide bonds. The smallest absolute Gasteiger partial charge is 0.249 e. The topological polar surface area (TPSA) is 29.1 Å². The standard InChI is InChI=1S/C21H17NO/c23-21(22-19-14-8-3-9-15-19)16-20(17-10-4-1-5-11-17)18-12-6-2-7-13-18/h1-16H,(H,22,23). The van der Waals surface area contributed by atoms with Gasteiger partial charge in [-0.25, -0.2) is 0 Å². The van der Waals surface area contributed by atoms with E-state index < -0.39 is 0 Å². The number of rotatable bonds is 4. The summed E-state index contributed by atoms with van der Waals surface area (Å²) in [6, 6.07) is 29.3. The van der Waals surface area contributed by atoms with Gasteiger partial charge in [-0.05, 0) is 28.8 Å². The van der Waals surface area contributed by atoms with Gasteiger partial charge in [0.2, 0.25) is 5.91 Å². The van der Waals surface area contributed by atoms with Gasteiger partial charge in [0.25, 0.3) is 0 Å². The van der Waals surface area contributed by atoms with Crippen molar-refractivity contribution in [2.75, 3.05) is 5.32 Å². The zero-order chi connectivity index (χ0) is 15.9. The minimum atomic E-state index is -0.140. The molecule has 3 rings (SSSR count). The SMILES string of the molecule is O=C(C=C(c1ccccc1)c1ccccc1)Nc1ccccc1. The van der Waals surface area contributed by atoms with Gasteiger partial charge in [-0.1, -0.05) is 78.9 Å². The summed E-state index contributed by atoms with van der Waals surface area (Å²) in [5.41, 5.74) is 3.72. The lowest BCUT2D eigenvalue weighted by atomic mass is 9.97. The van der Waals surface area contributed by atoms with E-state index in [9.17, 15) is 4.79 Å². The second-order valence-electron chi connectivity index (χ2n) is 5.15. The van der Waals surface area contributed by atoms with Crippen LogP contribution in [0.15, 0.2) is 97.1 Å². The predicted octanol–water partition coefficient (Wildman–Crippen LogP) is 4.76. The number of hydrogen-bond donors (Lipinski definition) is 1. The van der Waals surface area contributed by atoms with Crippen LogP contribution in [0.3, 0.4) is 0 Å². The maximum absolute atomic E-state index is 12.4. The molecule has 0 aromatic heterocycles. The molecule has 23 heavy (non-hydrogen) atoms. The highest BCUT2D eigenvalue weighted by molar-refractivity contribution is 6.06. The number of carbonyl (C=O) groups is 1. The zero-order valence-electron chi connectivity index (χ0n) is 12.6. The minimum Gasteiger partial charge on any atom is -0.322 e. The van der Waals surface area contributed by atoms with Gasteiger partial charge in [0.15, 0.2) is 0 Å². The van der Waals surface area contributed by atoms with E-state index in [-0.39, 0.29) is 5.91 Å². The Hall–Kier alpha value is -3.13. The maximum Gasteiger partial charge on any atom is 0.249 e. The number of anilines is 1. The van der Waals surface area contributed by atoms with Gasteiger partial charge in [-0.2, -0.15) is 0 Å². The van der Waals surface area contributed by atoms with Crippen molar-refractivity contribution >= 4 is 17.2 Å². The first-order valence-corrected chi connectivity index (χ1v) is 7.51. The third kappa shape index (κ3) is 3.95. The molecule has 0 saturated heterocycles. The Balaban J connectivity index is 1.93. The highest BCUT2D eigenvalue weighted by Crippen LogP contribution is 2.23. The summed E-state index contributed by atoms with van der Waals surface area (Å²) in [6.07, 6.45) is 1.65. The van der Waals surface area contributed by atoms with Crippen LogP contribution in [0.2, 0.25) is 0 Å². The molecule has 0 bridgehead atoms. The summed E-state index contributed by atoms with van der Waals surface area (Å²) in [5, 5.41) is 2.90. The van der Waals surface area contributed by atoms with Gasteiger partial charge in [0.1, 0.15) is 0 Å². The van der Waals surface area contributed by atoms with Gasteiger partial charge < -0.3 is 5.32 Å². The molecule has 2 heteroatoms. The highest BCUT2D eigenvalue weighted by atomic mass is 16.1. The average Bonchev–Trinajstić information content (AvgIpc) is 2.62. The van der Waals surface area contributed by atoms with E-state index in [1.165, 1.54) is 0 Å². The second kappa shape index (κ2) is 7.23. The van der Waals surface area contributed by atoms with Crippen LogP contribution < -0.4 is 5.32 Å². The van der Waals surface area contributed by atoms with Crippen LogP contribution in [0.5, 0.6) is 0 Å². The molecule has 3 aromatic rings. The Morgan fingerprint density at radius 3 is 1.57 bits per heavy atom. The van der Waals surface area contributed by atoms with Crippen molar-refractivity contribution in [3.8, 4) is 0 Å². The van der Waals surface area contributed by atoms with Crippen molar-refractivity contribution in [3.63, 3.8) is 0 Å². The fourth-order valence-electron chi connectivity index (χ4n) is 2.40. The molecule has 0 fully saturated rings. The normalized spacial score (nSPS) is 9.91. The number of amides is 1. The molecule has 1 N–H and O–H groups in total. The van der Waals surface area contributed by atoms with E-state index in [2.05, 4.69) is 5.32 Å². The third-order valence-corrected chi connectivity index (χ3v) is 3.49. The third-order valence-electron chi connectivity index (χ3n) is 3.49. The number of para-hydroxylation sites is 1. The molecule has 0 atom stereocenters. The quantitative estimate of drug-likeness (QED) is 0.692. The first-order chi connectivity index (χ1) is 11.3. The van der Waals surface area contributed by atoms with Gasteiger partial charge in [0.05, 0.1) is 0 Å². The monoisotopic (exact) mass is 299 g/mol. The molecular weight excluding hydrogens is 282 g/mol. The molecule has 2 nitrogen and oxygen atoms in total. The maximum atomic E-state index is 12.4. The minimum absolute atomic E-state index is 0.140. The zero-order valence-corrected chi connectivity index (χ0v) is 12.6. The Morgan fingerprint density at radius 2 is 1.09 bits per heavy atom. The van der Waals surface area contributed by atoms with Crippen LogP contribution in [0.1, 0.15) is 11.1 Å². The first kappa shape index (κ1) is 14.8. The molecule has 112 valence electrons. The summed E-state index contributed by atoms with van der Waals surface area (Å²) < 4.78 is 0. The van der Waals surface area contributed by atoms with E-state index >= 15 is 0 Å². The number of hydrogen-bond acceptors (Lipinski definition) is 1. The molecule has 0 radical (unpaired) electrons. The summed E-state index contributed by atoms with van der Waals surface area (Å²) in [6.45, 7) is 0. The number of carbonyl (C=O) groups excluding carboxylic acids is 1. The van der Waals surface area contributed by atoms with Crippen molar-refractivity contribution in [3.05, 3.63) is 108 Å². The largest absolute Gasteiger partial charge is 0.322 e. The number of nitrogens with one attached hydrogen (secondary N) is 1. The van der Waals surface area contributed by atoms with Crippen molar-refractivity contribution in [1.29, 1.82) is 0 Å². The van der Waals surface area contributed by atoms with E-state index in [1.807, 2.05) is 91.0 Å². The van der Waals surface area contributed by atoms with Crippen LogP contribution in [0, 0.1) is 0 Å². The predicted molar refractivity (Wildman–Crippen MR) is 95.0 cm³/mol. The van der Waals surface area contributed by atoms with Crippen molar-refractivity contribution in [2.45, 2.75) is 0 Å². The molecule has 0 heterocycles. The highest BCUT2D eigenvalue weighted by Gasteiger charge is 2.07. The Morgan fingerprint density at radius 1 is 0.652 bits per heavy atom.